The van der Waals surface area contributed by atoms with Gasteiger partial charge in [0.1, 0.15) is 12.3 Å². The number of thiazole rings is 1. The summed E-state index contributed by atoms with van der Waals surface area (Å²) in [7, 11) is -2.31. The Bertz CT molecular complexity index is 1290. The van der Waals surface area contributed by atoms with E-state index in [0.717, 1.165) is 37.7 Å². The Labute approximate surface area is 185 Å². The Morgan fingerprint density at radius 2 is 1.94 bits per heavy atom. The van der Waals surface area contributed by atoms with Crippen LogP contribution in [0.5, 0.6) is 5.75 Å². The molecule has 0 aliphatic carbocycles. The Balaban J connectivity index is 1.89. The molecule has 1 N–H and O–H groups in total. The Morgan fingerprint density at radius 3 is 2.55 bits per heavy atom. The van der Waals surface area contributed by atoms with Gasteiger partial charge in [-0.15, -0.1) is 0 Å². The van der Waals surface area contributed by atoms with Crippen LogP contribution >= 0.6 is 11.3 Å². The number of nitrogens with zero attached hydrogens (tertiary/aromatic N) is 2. The lowest BCUT2D eigenvalue weighted by Crippen LogP contribution is -2.37. The Hall–Kier alpha value is -2.85. The highest BCUT2D eigenvalue weighted by atomic mass is 32.2. The standard InChI is InChI=1S/C21H25N3O5S2/c1-13(2)24-16-8-7-15(11-19(16)30-21(24)26)22-20(25)12-23(31(5,27)28)17-10-14(3)6-9-18(17)29-4/h6-11,13H,12H2,1-5H3,(H,22,25). The molecule has 2 aromatic carbocycles. The third-order valence-corrected chi connectivity index (χ3v) is 6.75. The summed E-state index contributed by atoms with van der Waals surface area (Å²) in [5.41, 5.74) is 2.41. The molecule has 31 heavy (non-hydrogen) atoms. The molecule has 0 saturated carbocycles. The fraction of sp³-hybridized carbons (Fsp3) is 0.333. The van der Waals surface area contributed by atoms with E-state index in [1.807, 2.05) is 20.8 Å². The number of sulfonamides is 1. The average Bonchev–Trinajstić information content (AvgIpc) is 3.00. The second kappa shape index (κ2) is 8.72. The molecule has 0 spiro atoms. The number of carbonyl (C=O) groups is 1. The van der Waals surface area contributed by atoms with Crippen LogP contribution < -0.4 is 19.2 Å². The van der Waals surface area contributed by atoms with Crippen LogP contribution in [0.1, 0.15) is 25.5 Å². The monoisotopic (exact) mass is 463 g/mol. The summed E-state index contributed by atoms with van der Waals surface area (Å²) in [6.45, 7) is 5.28. The van der Waals surface area contributed by atoms with Gasteiger partial charge in [-0.2, -0.15) is 0 Å². The van der Waals surface area contributed by atoms with E-state index >= 15 is 0 Å². The number of anilines is 2. The quantitative estimate of drug-likeness (QED) is 0.579. The summed E-state index contributed by atoms with van der Waals surface area (Å²) in [6, 6.07) is 10.3. The van der Waals surface area contributed by atoms with Gasteiger partial charge in [-0.05, 0) is 56.7 Å². The fourth-order valence-electron chi connectivity index (χ4n) is 3.31. The summed E-state index contributed by atoms with van der Waals surface area (Å²) in [5.74, 6) is -0.158. The zero-order chi connectivity index (χ0) is 22.9. The first-order valence-electron chi connectivity index (χ1n) is 9.58. The second-order valence-corrected chi connectivity index (χ2v) is 10.4. The van der Waals surface area contributed by atoms with Gasteiger partial charge in [0.15, 0.2) is 0 Å². The third kappa shape index (κ3) is 4.91. The molecular formula is C21H25N3O5S2. The molecule has 1 amide bonds. The minimum absolute atomic E-state index is 0.0225. The number of rotatable bonds is 7. The van der Waals surface area contributed by atoms with Crippen molar-refractivity contribution < 1.29 is 17.9 Å². The van der Waals surface area contributed by atoms with Gasteiger partial charge in [0.25, 0.3) is 0 Å². The molecule has 3 rings (SSSR count). The molecule has 1 heterocycles. The first kappa shape index (κ1) is 22.8. The normalized spacial score (nSPS) is 11.7. The second-order valence-electron chi connectivity index (χ2n) is 7.51. The average molecular weight is 464 g/mol. The van der Waals surface area contributed by atoms with Crippen LogP contribution in [0, 0.1) is 6.92 Å². The van der Waals surface area contributed by atoms with Gasteiger partial charge in [-0.1, -0.05) is 17.4 Å². The van der Waals surface area contributed by atoms with Crippen molar-refractivity contribution in [2.24, 2.45) is 0 Å². The van der Waals surface area contributed by atoms with Gasteiger partial charge in [0.2, 0.25) is 15.9 Å². The maximum atomic E-state index is 12.7. The van der Waals surface area contributed by atoms with Crippen molar-refractivity contribution >= 4 is 48.9 Å². The molecule has 0 saturated heterocycles. The van der Waals surface area contributed by atoms with E-state index in [0.29, 0.717) is 17.1 Å². The molecular weight excluding hydrogens is 438 g/mol. The molecule has 0 aliphatic rings. The van der Waals surface area contributed by atoms with E-state index in [1.54, 1.807) is 41.0 Å². The molecule has 0 aliphatic heterocycles. The fourth-order valence-corrected chi connectivity index (χ4v) is 5.21. The number of ether oxygens (including phenoxy) is 1. The van der Waals surface area contributed by atoms with E-state index in [4.69, 9.17) is 4.74 Å². The number of carbonyl (C=O) groups excluding carboxylic acids is 1. The number of benzene rings is 2. The molecule has 166 valence electrons. The largest absolute Gasteiger partial charge is 0.495 e. The zero-order valence-electron chi connectivity index (χ0n) is 18.0. The minimum Gasteiger partial charge on any atom is -0.495 e. The lowest BCUT2D eigenvalue weighted by Gasteiger charge is -2.24. The zero-order valence-corrected chi connectivity index (χ0v) is 19.6. The molecule has 8 nitrogen and oxygen atoms in total. The summed E-state index contributed by atoms with van der Waals surface area (Å²) in [5, 5.41) is 2.73. The van der Waals surface area contributed by atoms with Crippen molar-refractivity contribution in [3.8, 4) is 5.75 Å². The maximum absolute atomic E-state index is 12.7. The third-order valence-electron chi connectivity index (χ3n) is 4.70. The number of hydrogen-bond donors (Lipinski definition) is 1. The van der Waals surface area contributed by atoms with E-state index in [1.165, 1.54) is 7.11 Å². The molecule has 0 unspecified atom stereocenters. The van der Waals surface area contributed by atoms with Crippen molar-refractivity contribution in [3.05, 3.63) is 51.6 Å². The molecule has 10 heteroatoms. The Kier molecular flexibility index (Phi) is 6.42. The van der Waals surface area contributed by atoms with E-state index < -0.39 is 22.5 Å². The first-order chi connectivity index (χ1) is 14.5. The van der Waals surface area contributed by atoms with Gasteiger partial charge in [-0.25, -0.2) is 8.42 Å². The molecule has 0 fully saturated rings. The molecule has 0 atom stereocenters. The topological polar surface area (TPSA) is 97.7 Å². The number of methoxy groups -OCH3 is 1. The SMILES string of the molecule is COc1ccc(C)cc1N(CC(=O)Nc1ccc2c(c1)sc(=O)n2C(C)C)S(C)(=O)=O. The highest BCUT2D eigenvalue weighted by Crippen LogP contribution is 2.31. The first-order valence-corrected chi connectivity index (χ1v) is 12.2. The van der Waals surface area contributed by atoms with Crippen LogP contribution in [-0.4, -0.2) is 38.8 Å². The van der Waals surface area contributed by atoms with Gasteiger partial charge < -0.3 is 10.1 Å². The van der Waals surface area contributed by atoms with E-state index in [-0.39, 0.29) is 10.9 Å². The highest BCUT2D eigenvalue weighted by Gasteiger charge is 2.24. The summed E-state index contributed by atoms with van der Waals surface area (Å²) in [4.78, 5) is 24.9. The number of nitrogens with one attached hydrogen (secondary N) is 1. The minimum atomic E-state index is -3.75. The van der Waals surface area contributed by atoms with Crippen LogP contribution in [0.3, 0.4) is 0 Å². The highest BCUT2D eigenvalue weighted by molar-refractivity contribution is 7.92. The number of aryl methyl sites for hydroxylation is 1. The molecule has 1 aromatic heterocycles. The number of amides is 1. The van der Waals surface area contributed by atoms with Crippen LogP contribution in [0.15, 0.2) is 41.2 Å². The summed E-state index contributed by atoms with van der Waals surface area (Å²) < 4.78 is 33.6. The van der Waals surface area contributed by atoms with Crippen molar-refractivity contribution in [1.29, 1.82) is 0 Å². The van der Waals surface area contributed by atoms with E-state index in [9.17, 15) is 18.0 Å². The van der Waals surface area contributed by atoms with Crippen LogP contribution in [0.2, 0.25) is 0 Å². The van der Waals surface area contributed by atoms with Crippen molar-refractivity contribution in [3.63, 3.8) is 0 Å². The van der Waals surface area contributed by atoms with Crippen molar-refractivity contribution in [1.82, 2.24) is 4.57 Å². The van der Waals surface area contributed by atoms with Crippen molar-refractivity contribution in [2.75, 3.05) is 29.5 Å². The number of aromatic nitrogens is 1. The number of fused-ring (bicyclic) bond motifs is 1. The van der Waals surface area contributed by atoms with Gasteiger partial charge >= 0.3 is 4.87 Å². The molecule has 0 bridgehead atoms. The molecule has 3 aromatic rings. The van der Waals surface area contributed by atoms with E-state index in [2.05, 4.69) is 5.32 Å². The predicted octanol–water partition coefficient (Wildman–Crippen LogP) is 3.37. The Morgan fingerprint density at radius 1 is 1.23 bits per heavy atom. The maximum Gasteiger partial charge on any atom is 0.308 e. The van der Waals surface area contributed by atoms with Crippen molar-refractivity contribution in [2.45, 2.75) is 26.8 Å². The lowest BCUT2D eigenvalue weighted by atomic mass is 10.2. The summed E-state index contributed by atoms with van der Waals surface area (Å²) in [6.07, 6.45) is 1.04. The number of hydrogen-bond acceptors (Lipinski definition) is 6. The van der Waals surface area contributed by atoms with Crippen LogP contribution in [-0.2, 0) is 14.8 Å². The smallest absolute Gasteiger partial charge is 0.308 e. The van der Waals surface area contributed by atoms with Crippen LogP contribution in [0.25, 0.3) is 10.2 Å². The van der Waals surface area contributed by atoms with Gasteiger partial charge in [-0.3, -0.25) is 18.5 Å². The van der Waals surface area contributed by atoms with Crippen LogP contribution in [0.4, 0.5) is 11.4 Å². The summed E-state index contributed by atoms with van der Waals surface area (Å²) >= 11 is 1.10. The van der Waals surface area contributed by atoms with Gasteiger partial charge in [0, 0.05) is 11.7 Å². The molecule has 0 radical (unpaired) electrons. The lowest BCUT2D eigenvalue weighted by molar-refractivity contribution is -0.114. The van der Waals surface area contributed by atoms with Gasteiger partial charge in [0.05, 0.1) is 29.3 Å². The predicted molar refractivity (Wildman–Crippen MR) is 125 cm³/mol.